The van der Waals surface area contributed by atoms with Crippen LogP contribution in [0.5, 0.6) is 0 Å². The Balaban J connectivity index is 4.81. The average Bonchev–Trinajstić information content (AvgIpc) is 2.10. The fourth-order valence-electron chi connectivity index (χ4n) is 0.935. The second-order valence-corrected chi connectivity index (χ2v) is 9.65. The summed E-state index contributed by atoms with van der Waals surface area (Å²) in [5, 5.41) is 0. The summed E-state index contributed by atoms with van der Waals surface area (Å²) in [6, 6.07) is 0. The molecule has 0 saturated heterocycles. The minimum absolute atomic E-state index is 0.107. The van der Waals surface area contributed by atoms with Gasteiger partial charge in [0, 0.05) is 0 Å². The normalized spacial score (nSPS) is 12.4. The molecule has 0 saturated carbocycles. The van der Waals surface area contributed by atoms with Crippen LogP contribution in [0.3, 0.4) is 0 Å². The van der Waals surface area contributed by atoms with Crippen molar-refractivity contribution in [2.24, 2.45) is 3.34 Å². The van der Waals surface area contributed by atoms with Gasteiger partial charge in [-0.05, 0) is 0 Å². The summed E-state index contributed by atoms with van der Waals surface area (Å²) in [7, 11) is 4.40. The van der Waals surface area contributed by atoms with Crippen molar-refractivity contribution in [1.29, 1.82) is 0 Å². The molecule has 0 aromatic rings. The molecule has 0 fully saturated rings. The topological polar surface area (TPSA) is 18.8 Å². The molecule has 85 valence electrons. The third-order valence-electron chi connectivity index (χ3n) is 1.92. The molecule has 0 bridgehead atoms. The van der Waals surface area contributed by atoms with Crippen LogP contribution < -0.4 is 0 Å². The van der Waals surface area contributed by atoms with E-state index in [1.54, 1.807) is 0 Å². The zero-order chi connectivity index (χ0) is 11.4. The predicted molar refractivity (Wildman–Crippen MR) is 58.8 cm³/mol. The van der Waals surface area contributed by atoms with E-state index in [9.17, 15) is 0 Å². The molecule has 0 spiro atoms. The summed E-state index contributed by atoms with van der Waals surface area (Å²) in [4.78, 5) is 0. The first-order valence-electron chi connectivity index (χ1n) is 5.26. The Morgan fingerprint density at radius 1 is 1.00 bits per heavy atom. The summed E-state index contributed by atoms with van der Waals surface area (Å²) in [5.74, 6) is 0. The third kappa shape index (κ3) is 5.37. The second kappa shape index (κ2) is 6.13. The van der Waals surface area contributed by atoms with Crippen LogP contribution in [0.15, 0.2) is 3.34 Å². The van der Waals surface area contributed by atoms with Gasteiger partial charge in [0.05, 0.1) is 0 Å². The van der Waals surface area contributed by atoms with Crippen LogP contribution in [-0.4, -0.2) is 39.3 Å². The molecule has 4 heteroatoms. The van der Waals surface area contributed by atoms with Crippen LogP contribution >= 0.6 is 0 Å². The summed E-state index contributed by atoms with van der Waals surface area (Å²) in [5.41, 5.74) is 0.107. The van der Waals surface area contributed by atoms with E-state index in [-0.39, 0.29) is 5.54 Å². The summed E-state index contributed by atoms with van der Waals surface area (Å²) < 4.78 is 9.87. The molecular weight excluding hydrogens is 255 g/mol. The Hall–Kier alpha value is 0.460. The van der Waals surface area contributed by atoms with Crippen molar-refractivity contribution in [3.63, 3.8) is 0 Å². The molecule has 0 rings (SSSR count). The van der Waals surface area contributed by atoms with Gasteiger partial charge < -0.3 is 0 Å². The third-order valence-corrected chi connectivity index (χ3v) is 8.22. The van der Waals surface area contributed by atoms with E-state index in [0.29, 0.717) is 0 Å². The van der Waals surface area contributed by atoms with Gasteiger partial charge in [0.25, 0.3) is 0 Å². The Bertz CT molecular complexity index is 184. The summed E-state index contributed by atoms with van der Waals surface area (Å²) in [6.07, 6.45) is 0. The molecule has 0 aliphatic rings. The zero-order valence-corrected chi connectivity index (χ0v) is 12.9. The van der Waals surface area contributed by atoms with E-state index < -0.39 is 18.8 Å². The first kappa shape index (κ1) is 14.5. The van der Waals surface area contributed by atoms with Crippen LogP contribution in [0.25, 0.3) is 0 Å². The van der Waals surface area contributed by atoms with Crippen LogP contribution in [-0.2, 0) is 18.8 Å². The van der Waals surface area contributed by atoms with Crippen LogP contribution in [0, 0.1) is 0 Å². The van der Waals surface area contributed by atoms with E-state index in [1.165, 1.54) is 0 Å². The number of hydrogen-bond donors (Lipinski definition) is 0. The van der Waals surface area contributed by atoms with Gasteiger partial charge >= 0.3 is 96.1 Å². The van der Waals surface area contributed by atoms with E-state index in [2.05, 4.69) is 55.3 Å². The SMILES string of the molecule is CC[N](C)[Nb](=[N]C(C)(C)C)[N](C)CC. The standard InChI is InChI=1S/C4H9N.2C3H8N.Nb/c1-4(2,3)5;2*1-3-4-2;/h1-3H3;2*3H2,1-2H3;/q;2*-1;+2. The predicted octanol–water partition coefficient (Wildman–Crippen LogP) is 2.32. The first-order chi connectivity index (χ1) is 6.31. The van der Waals surface area contributed by atoms with Crippen molar-refractivity contribution in [2.45, 2.75) is 40.2 Å². The molecule has 0 aromatic heterocycles. The molecule has 3 nitrogen and oxygen atoms in total. The molecule has 0 aliphatic carbocycles. The van der Waals surface area contributed by atoms with Gasteiger partial charge in [-0.25, -0.2) is 0 Å². The Morgan fingerprint density at radius 2 is 1.36 bits per heavy atom. The molecule has 0 amide bonds. The van der Waals surface area contributed by atoms with Gasteiger partial charge in [0.1, 0.15) is 0 Å². The maximum absolute atomic E-state index is 4.99. The van der Waals surface area contributed by atoms with Crippen LogP contribution in [0.2, 0.25) is 0 Å². The number of rotatable bonds is 4. The first-order valence-corrected chi connectivity index (χ1v) is 8.21. The molecule has 0 aromatic carbocycles. The van der Waals surface area contributed by atoms with Crippen molar-refractivity contribution in [1.82, 2.24) is 6.61 Å². The van der Waals surface area contributed by atoms with E-state index >= 15 is 0 Å². The van der Waals surface area contributed by atoms with Crippen molar-refractivity contribution >= 4 is 0 Å². The maximum atomic E-state index is 4.99. The Morgan fingerprint density at radius 3 is 1.57 bits per heavy atom. The molecule has 0 heterocycles. The Kier molecular flexibility index (Phi) is 6.33. The van der Waals surface area contributed by atoms with Gasteiger partial charge in [-0.3, -0.25) is 0 Å². The van der Waals surface area contributed by atoms with E-state index in [4.69, 9.17) is 3.34 Å². The number of hydrogen-bond acceptors (Lipinski definition) is 1. The van der Waals surface area contributed by atoms with Gasteiger partial charge in [0.2, 0.25) is 0 Å². The van der Waals surface area contributed by atoms with Gasteiger partial charge in [-0.1, -0.05) is 0 Å². The van der Waals surface area contributed by atoms with Crippen LogP contribution in [0.4, 0.5) is 0 Å². The molecule has 0 N–H and O–H groups in total. The molecular formula is C10H25N3Nb. The van der Waals surface area contributed by atoms with E-state index in [1.807, 2.05) is 0 Å². The fourth-order valence-corrected chi connectivity index (χ4v) is 5.53. The second-order valence-electron chi connectivity index (χ2n) is 4.49. The van der Waals surface area contributed by atoms with Crippen molar-refractivity contribution < 1.29 is 18.8 Å². The van der Waals surface area contributed by atoms with Crippen molar-refractivity contribution in [3.05, 3.63) is 0 Å². The van der Waals surface area contributed by atoms with Crippen LogP contribution in [0.1, 0.15) is 34.6 Å². The Labute approximate surface area is 96.1 Å². The van der Waals surface area contributed by atoms with E-state index in [0.717, 1.165) is 13.1 Å². The quantitative estimate of drug-likeness (QED) is 0.736. The zero-order valence-electron chi connectivity index (χ0n) is 10.7. The molecule has 0 radical (unpaired) electrons. The van der Waals surface area contributed by atoms with Gasteiger partial charge in [-0.15, -0.1) is 0 Å². The number of nitrogens with zero attached hydrogens (tertiary/aromatic N) is 3. The molecule has 0 aliphatic heterocycles. The summed E-state index contributed by atoms with van der Waals surface area (Å²) >= 11 is -1.72. The minimum atomic E-state index is -1.72. The average molecular weight is 280 g/mol. The van der Waals surface area contributed by atoms with Crippen molar-refractivity contribution in [2.75, 3.05) is 27.2 Å². The molecule has 0 unspecified atom stereocenters. The monoisotopic (exact) mass is 280 g/mol. The van der Waals surface area contributed by atoms with Crippen molar-refractivity contribution in [3.8, 4) is 0 Å². The van der Waals surface area contributed by atoms with Gasteiger partial charge in [0.15, 0.2) is 0 Å². The fraction of sp³-hybridized carbons (Fsp3) is 1.00. The summed E-state index contributed by atoms with van der Waals surface area (Å²) in [6.45, 7) is 13.2. The molecule has 14 heavy (non-hydrogen) atoms. The molecule has 0 atom stereocenters. The van der Waals surface area contributed by atoms with Gasteiger partial charge in [-0.2, -0.15) is 0 Å².